The van der Waals surface area contributed by atoms with Crippen molar-refractivity contribution >= 4 is 11.9 Å². The third-order valence-electron chi connectivity index (χ3n) is 4.19. The van der Waals surface area contributed by atoms with Crippen molar-refractivity contribution in [2.24, 2.45) is 5.92 Å². The second-order valence-corrected chi connectivity index (χ2v) is 5.85. The van der Waals surface area contributed by atoms with Crippen LogP contribution in [0.3, 0.4) is 0 Å². The highest BCUT2D eigenvalue weighted by Gasteiger charge is 2.27. The first-order chi connectivity index (χ1) is 11.6. The van der Waals surface area contributed by atoms with E-state index < -0.39 is 5.97 Å². The van der Waals surface area contributed by atoms with Gasteiger partial charge in [-0.2, -0.15) is 0 Å². The van der Waals surface area contributed by atoms with Crippen molar-refractivity contribution in [3.05, 3.63) is 60.2 Å². The van der Waals surface area contributed by atoms with Crippen LogP contribution in [-0.2, 0) is 4.79 Å². The molecule has 0 bridgehead atoms. The van der Waals surface area contributed by atoms with Crippen molar-refractivity contribution in [3.8, 4) is 11.5 Å². The zero-order valence-corrected chi connectivity index (χ0v) is 13.2. The van der Waals surface area contributed by atoms with Crippen LogP contribution in [0.5, 0.6) is 11.5 Å². The minimum atomic E-state index is -0.777. The average Bonchev–Trinajstić information content (AvgIpc) is 2.62. The van der Waals surface area contributed by atoms with E-state index in [1.807, 2.05) is 30.3 Å². The number of carbonyl (C=O) groups is 2. The third-order valence-corrected chi connectivity index (χ3v) is 4.19. The van der Waals surface area contributed by atoms with E-state index in [2.05, 4.69) is 0 Å². The SMILES string of the molecule is O=C(O)C1CCN(C(=O)c2cccc(Oc3ccccc3)c2)CC1. The molecule has 0 saturated carbocycles. The van der Waals surface area contributed by atoms with E-state index in [-0.39, 0.29) is 11.8 Å². The van der Waals surface area contributed by atoms with Gasteiger partial charge in [0.1, 0.15) is 11.5 Å². The Morgan fingerprint density at radius 3 is 2.29 bits per heavy atom. The molecule has 1 fully saturated rings. The smallest absolute Gasteiger partial charge is 0.306 e. The molecule has 2 aromatic carbocycles. The Morgan fingerprint density at radius 1 is 0.958 bits per heavy atom. The summed E-state index contributed by atoms with van der Waals surface area (Å²) >= 11 is 0. The van der Waals surface area contributed by atoms with Crippen LogP contribution < -0.4 is 4.74 Å². The summed E-state index contributed by atoms with van der Waals surface area (Å²) in [5.41, 5.74) is 0.553. The molecule has 1 aliphatic rings. The number of carbonyl (C=O) groups excluding carboxylic acids is 1. The fourth-order valence-corrected chi connectivity index (χ4v) is 2.83. The first-order valence-corrected chi connectivity index (χ1v) is 7.98. The average molecular weight is 325 g/mol. The van der Waals surface area contributed by atoms with Crippen LogP contribution in [0, 0.1) is 5.92 Å². The quantitative estimate of drug-likeness (QED) is 0.935. The van der Waals surface area contributed by atoms with Gasteiger partial charge >= 0.3 is 5.97 Å². The van der Waals surface area contributed by atoms with Crippen LogP contribution in [-0.4, -0.2) is 35.0 Å². The van der Waals surface area contributed by atoms with E-state index in [1.165, 1.54) is 0 Å². The number of ether oxygens (including phenoxy) is 1. The molecule has 3 rings (SSSR count). The van der Waals surface area contributed by atoms with Crippen molar-refractivity contribution in [1.82, 2.24) is 4.90 Å². The molecule has 0 spiro atoms. The molecule has 0 aliphatic carbocycles. The highest BCUT2D eigenvalue weighted by atomic mass is 16.5. The van der Waals surface area contributed by atoms with Gasteiger partial charge in [0.15, 0.2) is 0 Å². The van der Waals surface area contributed by atoms with Crippen LogP contribution in [0.4, 0.5) is 0 Å². The van der Waals surface area contributed by atoms with Gasteiger partial charge in [-0.3, -0.25) is 9.59 Å². The zero-order chi connectivity index (χ0) is 16.9. The molecule has 1 N–H and O–H groups in total. The lowest BCUT2D eigenvalue weighted by Crippen LogP contribution is -2.40. The number of carboxylic acid groups (broad SMARTS) is 1. The number of rotatable bonds is 4. The number of piperidine rings is 1. The predicted molar refractivity (Wildman–Crippen MR) is 89.2 cm³/mol. The summed E-state index contributed by atoms with van der Waals surface area (Å²) in [4.78, 5) is 25.3. The summed E-state index contributed by atoms with van der Waals surface area (Å²) in [5, 5.41) is 9.04. The molecule has 24 heavy (non-hydrogen) atoms. The summed E-state index contributed by atoms with van der Waals surface area (Å²) in [6.45, 7) is 0.944. The molecule has 2 aromatic rings. The molecule has 0 aromatic heterocycles. The van der Waals surface area contributed by atoms with Gasteiger partial charge in [-0.15, -0.1) is 0 Å². The molecule has 1 heterocycles. The monoisotopic (exact) mass is 325 g/mol. The van der Waals surface area contributed by atoms with E-state index in [0.717, 1.165) is 0 Å². The molecule has 124 valence electrons. The Hall–Kier alpha value is -2.82. The molecule has 5 nitrogen and oxygen atoms in total. The molecule has 0 unspecified atom stereocenters. The lowest BCUT2D eigenvalue weighted by Gasteiger charge is -2.30. The van der Waals surface area contributed by atoms with Gasteiger partial charge in [0.05, 0.1) is 5.92 Å². The van der Waals surface area contributed by atoms with E-state index >= 15 is 0 Å². The van der Waals surface area contributed by atoms with Gasteiger partial charge in [-0.05, 0) is 43.2 Å². The first kappa shape index (κ1) is 16.1. The van der Waals surface area contributed by atoms with Crippen molar-refractivity contribution in [1.29, 1.82) is 0 Å². The number of amides is 1. The Balaban J connectivity index is 1.67. The molecule has 1 aliphatic heterocycles. The minimum absolute atomic E-state index is 0.0858. The van der Waals surface area contributed by atoms with Gasteiger partial charge < -0.3 is 14.7 Å². The largest absolute Gasteiger partial charge is 0.481 e. The summed E-state index contributed by atoms with van der Waals surface area (Å²) < 4.78 is 5.76. The fraction of sp³-hybridized carbons (Fsp3) is 0.263. The Morgan fingerprint density at radius 2 is 1.62 bits per heavy atom. The second-order valence-electron chi connectivity index (χ2n) is 5.85. The van der Waals surface area contributed by atoms with Crippen LogP contribution in [0.25, 0.3) is 0 Å². The number of hydrogen-bond acceptors (Lipinski definition) is 3. The van der Waals surface area contributed by atoms with Crippen LogP contribution >= 0.6 is 0 Å². The molecule has 0 radical (unpaired) electrons. The van der Waals surface area contributed by atoms with E-state index in [0.29, 0.717) is 43.0 Å². The topological polar surface area (TPSA) is 66.8 Å². The number of nitrogens with zero attached hydrogens (tertiary/aromatic N) is 1. The fourth-order valence-electron chi connectivity index (χ4n) is 2.83. The van der Waals surface area contributed by atoms with Crippen LogP contribution in [0.1, 0.15) is 23.2 Å². The van der Waals surface area contributed by atoms with E-state index in [9.17, 15) is 9.59 Å². The standard InChI is InChI=1S/C19H19NO4/c21-18(20-11-9-14(10-12-20)19(22)23)15-5-4-8-17(13-15)24-16-6-2-1-3-7-16/h1-8,13-14H,9-12H2,(H,22,23). The van der Waals surface area contributed by atoms with Crippen molar-refractivity contribution in [2.45, 2.75) is 12.8 Å². The summed E-state index contributed by atoms with van der Waals surface area (Å²) in [6.07, 6.45) is 1.00. The predicted octanol–water partition coefficient (Wildman–Crippen LogP) is 3.42. The van der Waals surface area contributed by atoms with Gasteiger partial charge in [0, 0.05) is 18.7 Å². The molecule has 1 amide bonds. The summed E-state index contributed by atoms with van der Waals surface area (Å²) in [6, 6.07) is 16.5. The maximum absolute atomic E-state index is 12.6. The molecular formula is C19H19NO4. The van der Waals surface area contributed by atoms with Gasteiger partial charge in [0.25, 0.3) is 5.91 Å². The third kappa shape index (κ3) is 3.74. The van der Waals surface area contributed by atoms with Gasteiger partial charge in [0.2, 0.25) is 0 Å². The maximum Gasteiger partial charge on any atom is 0.306 e. The van der Waals surface area contributed by atoms with Crippen LogP contribution in [0.15, 0.2) is 54.6 Å². The first-order valence-electron chi connectivity index (χ1n) is 7.98. The number of hydrogen-bond donors (Lipinski definition) is 1. The molecule has 0 atom stereocenters. The Bertz CT molecular complexity index is 721. The zero-order valence-electron chi connectivity index (χ0n) is 13.2. The minimum Gasteiger partial charge on any atom is -0.481 e. The maximum atomic E-state index is 12.6. The summed E-state index contributed by atoms with van der Waals surface area (Å²) in [7, 11) is 0. The Kier molecular flexibility index (Phi) is 4.79. The van der Waals surface area contributed by atoms with Gasteiger partial charge in [-0.1, -0.05) is 24.3 Å². The Labute approximate surface area is 140 Å². The number of likely N-dealkylation sites (tertiary alicyclic amines) is 1. The number of para-hydroxylation sites is 1. The van der Waals surface area contributed by atoms with Gasteiger partial charge in [-0.25, -0.2) is 0 Å². The van der Waals surface area contributed by atoms with Crippen molar-refractivity contribution in [2.75, 3.05) is 13.1 Å². The number of aliphatic carboxylic acids is 1. The number of carboxylic acids is 1. The highest BCUT2D eigenvalue weighted by Crippen LogP contribution is 2.24. The van der Waals surface area contributed by atoms with Crippen LogP contribution in [0.2, 0.25) is 0 Å². The summed E-state index contributed by atoms with van der Waals surface area (Å²) in [5.74, 6) is 0.108. The van der Waals surface area contributed by atoms with E-state index in [1.54, 1.807) is 29.2 Å². The second kappa shape index (κ2) is 7.17. The highest BCUT2D eigenvalue weighted by molar-refractivity contribution is 5.94. The lowest BCUT2D eigenvalue weighted by atomic mass is 9.96. The lowest BCUT2D eigenvalue weighted by molar-refractivity contribution is -0.143. The van der Waals surface area contributed by atoms with Crippen molar-refractivity contribution < 1.29 is 19.4 Å². The normalized spacial score (nSPS) is 15.1. The molecule has 5 heteroatoms. The number of benzene rings is 2. The van der Waals surface area contributed by atoms with Crippen molar-refractivity contribution in [3.63, 3.8) is 0 Å². The molecule has 1 saturated heterocycles. The molecular weight excluding hydrogens is 306 g/mol. The van der Waals surface area contributed by atoms with E-state index in [4.69, 9.17) is 9.84 Å².